The molecule has 2 aliphatic heterocycles. The number of pyridine rings is 1. The zero-order valence-electron chi connectivity index (χ0n) is 18.5. The highest BCUT2D eigenvalue weighted by molar-refractivity contribution is 5.93. The second-order valence-electron chi connectivity index (χ2n) is 8.79. The summed E-state index contributed by atoms with van der Waals surface area (Å²) in [5.41, 5.74) is 8.57. The second-order valence-corrected chi connectivity index (χ2v) is 8.79. The summed E-state index contributed by atoms with van der Waals surface area (Å²) in [4.78, 5) is 20.3. The van der Waals surface area contributed by atoms with E-state index in [9.17, 15) is 9.90 Å². The van der Waals surface area contributed by atoms with Crippen LogP contribution in [0, 0.1) is 6.92 Å². The summed E-state index contributed by atoms with van der Waals surface area (Å²) in [6, 6.07) is 15.2. The van der Waals surface area contributed by atoms with Crippen molar-refractivity contribution < 1.29 is 9.90 Å². The minimum absolute atomic E-state index is 0.177. The van der Waals surface area contributed by atoms with E-state index in [2.05, 4.69) is 70.5 Å². The molecule has 0 saturated carbocycles. The number of benzene rings is 2. The number of carboxylic acid groups (broad SMARTS) is 1. The number of hydrogen-bond donors (Lipinski definition) is 2. The molecule has 3 aromatic rings. The lowest BCUT2D eigenvalue weighted by Gasteiger charge is -2.33. The van der Waals surface area contributed by atoms with E-state index < -0.39 is 5.97 Å². The lowest BCUT2D eigenvalue weighted by atomic mass is 9.95. The molecule has 6 nitrogen and oxygen atoms in total. The standard InChI is InChI=1S/C26H28N4O2/c1-17-12-20(30-10-3-11-30)5-7-21(17)18-4-6-22-19(13-18)16-29(2)25(22)15-28-24-14-27-9-8-23(24)26(31)32/h4-9,12-14,25,28H,3,10-11,15-16H2,1-2H3,(H,31,32). The molecule has 1 fully saturated rings. The molecule has 1 unspecified atom stereocenters. The summed E-state index contributed by atoms with van der Waals surface area (Å²) in [6.45, 7) is 6.01. The molecule has 5 rings (SSSR count). The third-order valence-electron chi connectivity index (χ3n) is 6.73. The Bertz CT molecular complexity index is 1170. The molecule has 2 aromatic carbocycles. The minimum Gasteiger partial charge on any atom is -0.478 e. The number of likely N-dealkylation sites (N-methyl/N-ethyl adjacent to an activating group) is 1. The number of fused-ring (bicyclic) bond motifs is 1. The molecule has 3 heterocycles. The maximum Gasteiger partial charge on any atom is 0.337 e. The van der Waals surface area contributed by atoms with Crippen LogP contribution >= 0.6 is 0 Å². The van der Waals surface area contributed by atoms with Gasteiger partial charge in [0.2, 0.25) is 0 Å². The van der Waals surface area contributed by atoms with Crippen molar-refractivity contribution in [1.82, 2.24) is 9.88 Å². The van der Waals surface area contributed by atoms with Gasteiger partial charge in [-0.3, -0.25) is 9.88 Å². The fraction of sp³-hybridized carbons (Fsp3) is 0.308. The maximum absolute atomic E-state index is 11.5. The molecule has 0 amide bonds. The van der Waals surface area contributed by atoms with Crippen LogP contribution in [0.3, 0.4) is 0 Å². The van der Waals surface area contributed by atoms with Gasteiger partial charge < -0.3 is 15.3 Å². The minimum atomic E-state index is -0.949. The molecule has 2 N–H and O–H groups in total. The molecule has 1 saturated heterocycles. The highest BCUT2D eigenvalue weighted by Crippen LogP contribution is 2.37. The average Bonchev–Trinajstić information content (AvgIpc) is 3.05. The van der Waals surface area contributed by atoms with E-state index in [1.165, 1.54) is 52.2 Å². The first-order chi connectivity index (χ1) is 15.5. The number of aromatic carboxylic acids is 1. The van der Waals surface area contributed by atoms with E-state index in [0.717, 1.165) is 19.6 Å². The van der Waals surface area contributed by atoms with Gasteiger partial charge in [0.05, 0.1) is 23.5 Å². The Hall–Kier alpha value is -3.38. The Morgan fingerprint density at radius 1 is 1.19 bits per heavy atom. The summed E-state index contributed by atoms with van der Waals surface area (Å²) in [5.74, 6) is -0.949. The second kappa shape index (κ2) is 8.28. The summed E-state index contributed by atoms with van der Waals surface area (Å²) in [7, 11) is 2.11. The van der Waals surface area contributed by atoms with Gasteiger partial charge in [-0.25, -0.2) is 4.79 Å². The predicted molar refractivity (Wildman–Crippen MR) is 127 cm³/mol. The summed E-state index contributed by atoms with van der Waals surface area (Å²) >= 11 is 0. The Balaban J connectivity index is 1.36. The van der Waals surface area contributed by atoms with Crippen LogP contribution in [-0.2, 0) is 6.54 Å². The Labute approximate surface area is 188 Å². The van der Waals surface area contributed by atoms with Crippen LogP contribution in [0.4, 0.5) is 11.4 Å². The molecule has 164 valence electrons. The Kier molecular flexibility index (Phi) is 5.31. The molecular weight excluding hydrogens is 400 g/mol. The maximum atomic E-state index is 11.5. The largest absolute Gasteiger partial charge is 0.478 e. The van der Waals surface area contributed by atoms with E-state index in [1.807, 2.05) is 0 Å². The molecule has 0 bridgehead atoms. The van der Waals surface area contributed by atoms with Gasteiger partial charge >= 0.3 is 5.97 Å². The van der Waals surface area contributed by atoms with Crippen LogP contribution in [0.1, 0.15) is 39.5 Å². The topological polar surface area (TPSA) is 68.7 Å². The van der Waals surface area contributed by atoms with Gasteiger partial charge in [0.1, 0.15) is 0 Å². The number of nitrogens with one attached hydrogen (secondary N) is 1. The van der Waals surface area contributed by atoms with Crippen molar-refractivity contribution in [3.63, 3.8) is 0 Å². The van der Waals surface area contributed by atoms with Crippen molar-refractivity contribution >= 4 is 17.3 Å². The quantitative estimate of drug-likeness (QED) is 0.600. The summed E-state index contributed by atoms with van der Waals surface area (Å²) < 4.78 is 0. The molecule has 1 atom stereocenters. The SMILES string of the molecule is Cc1cc(N2CCC2)ccc1-c1ccc2c(c1)CN(C)C2CNc1cnccc1C(=O)O. The normalized spacial score (nSPS) is 17.7. The van der Waals surface area contributed by atoms with Crippen molar-refractivity contribution in [3.05, 3.63) is 77.1 Å². The number of rotatable bonds is 6. The lowest BCUT2D eigenvalue weighted by Crippen LogP contribution is -2.36. The molecule has 0 aliphatic carbocycles. The van der Waals surface area contributed by atoms with E-state index in [-0.39, 0.29) is 11.6 Å². The van der Waals surface area contributed by atoms with Crippen molar-refractivity contribution in [1.29, 1.82) is 0 Å². The van der Waals surface area contributed by atoms with E-state index >= 15 is 0 Å². The van der Waals surface area contributed by atoms with Crippen molar-refractivity contribution in [2.24, 2.45) is 0 Å². The first kappa shape index (κ1) is 20.5. The highest BCUT2D eigenvalue weighted by Gasteiger charge is 2.28. The fourth-order valence-corrected chi connectivity index (χ4v) is 4.79. The molecule has 0 radical (unpaired) electrons. The number of hydrogen-bond acceptors (Lipinski definition) is 5. The molecule has 6 heteroatoms. The Morgan fingerprint density at radius 3 is 2.75 bits per heavy atom. The van der Waals surface area contributed by atoms with Gasteiger partial charge in [0, 0.05) is 38.1 Å². The average molecular weight is 429 g/mol. The van der Waals surface area contributed by atoms with Gasteiger partial charge in [-0.05, 0) is 72.5 Å². The third-order valence-corrected chi connectivity index (χ3v) is 6.73. The lowest BCUT2D eigenvalue weighted by molar-refractivity contribution is 0.0697. The van der Waals surface area contributed by atoms with Crippen molar-refractivity contribution in [3.8, 4) is 11.1 Å². The number of carboxylic acids is 1. The molecular formula is C26H28N4O2. The zero-order valence-corrected chi connectivity index (χ0v) is 18.5. The monoisotopic (exact) mass is 428 g/mol. The van der Waals surface area contributed by atoms with Crippen LogP contribution in [0.2, 0.25) is 0 Å². The third kappa shape index (κ3) is 3.71. The number of anilines is 2. The van der Waals surface area contributed by atoms with Crippen LogP contribution < -0.4 is 10.2 Å². The Morgan fingerprint density at radius 2 is 2.03 bits per heavy atom. The molecule has 2 aliphatic rings. The molecule has 1 aromatic heterocycles. The molecule has 32 heavy (non-hydrogen) atoms. The van der Waals surface area contributed by atoms with Gasteiger partial charge in [0.15, 0.2) is 0 Å². The van der Waals surface area contributed by atoms with Crippen molar-refractivity contribution in [2.75, 3.05) is 36.9 Å². The first-order valence-electron chi connectivity index (χ1n) is 11.1. The van der Waals surface area contributed by atoms with Crippen LogP contribution in [0.25, 0.3) is 11.1 Å². The fourth-order valence-electron chi connectivity index (χ4n) is 4.79. The number of nitrogens with zero attached hydrogens (tertiary/aromatic N) is 3. The predicted octanol–water partition coefficient (Wildman–Crippen LogP) is 4.56. The van der Waals surface area contributed by atoms with Crippen LogP contribution in [0.5, 0.6) is 0 Å². The van der Waals surface area contributed by atoms with Gasteiger partial charge in [-0.2, -0.15) is 0 Å². The van der Waals surface area contributed by atoms with E-state index in [1.54, 1.807) is 6.20 Å². The van der Waals surface area contributed by atoms with E-state index in [4.69, 9.17) is 0 Å². The van der Waals surface area contributed by atoms with E-state index in [0.29, 0.717) is 12.2 Å². The van der Waals surface area contributed by atoms with Gasteiger partial charge in [-0.15, -0.1) is 0 Å². The van der Waals surface area contributed by atoms with Gasteiger partial charge in [0.25, 0.3) is 0 Å². The number of carbonyl (C=O) groups is 1. The number of aryl methyl sites for hydroxylation is 1. The number of aromatic nitrogens is 1. The first-order valence-corrected chi connectivity index (χ1v) is 11.1. The summed E-state index contributed by atoms with van der Waals surface area (Å²) in [6.07, 6.45) is 4.37. The molecule has 0 spiro atoms. The summed E-state index contributed by atoms with van der Waals surface area (Å²) in [5, 5.41) is 12.7. The van der Waals surface area contributed by atoms with Gasteiger partial charge in [-0.1, -0.05) is 18.2 Å². The van der Waals surface area contributed by atoms with Crippen molar-refractivity contribution in [2.45, 2.75) is 25.9 Å². The van der Waals surface area contributed by atoms with Crippen LogP contribution in [-0.4, -0.2) is 47.6 Å². The zero-order chi connectivity index (χ0) is 22.2. The highest BCUT2D eigenvalue weighted by atomic mass is 16.4. The van der Waals surface area contributed by atoms with Crippen LogP contribution in [0.15, 0.2) is 54.9 Å². The smallest absolute Gasteiger partial charge is 0.337 e.